The van der Waals surface area contributed by atoms with Crippen LogP contribution in [0.4, 0.5) is 0 Å². The van der Waals surface area contributed by atoms with E-state index in [4.69, 9.17) is 23.1 Å². The van der Waals surface area contributed by atoms with Crippen LogP contribution < -0.4 is 22.1 Å². The summed E-state index contributed by atoms with van der Waals surface area (Å²) in [6, 6.07) is 1.32. The van der Waals surface area contributed by atoms with Crippen LogP contribution in [0.1, 0.15) is 77.6 Å². The summed E-state index contributed by atoms with van der Waals surface area (Å²) in [6.07, 6.45) is 12.4. The highest BCUT2D eigenvalue weighted by Gasteiger charge is 2.57. The van der Waals surface area contributed by atoms with Crippen LogP contribution in [0.25, 0.3) is 0 Å². The number of nitrogens with one attached hydrogen (secondary N) is 2. The highest BCUT2D eigenvalue weighted by Crippen LogP contribution is 2.50. The van der Waals surface area contributed by atoms with Crippen LogP contribution in [-0.4, -0.2) is 108 Å². The monoisotopic (exact) mass is 537 g/mol. The van der Waals surface area contributed by atoms with Gasteiger partial charge in [-0.3, -0.25) is 14.6 Å². The Kier molecular flexibility index (Phi) is 9.37. The quantitative estimate of drug-likeness (QED) is 0.191. The Morgan fingerprint density at radius 3 is 2.57 bits per heavy atom. The molecule has 6 atom stereocenters. The smallest absolute Gasteiger partial charge is 0.227 e. The fourth-order valence-electron chi connectivity index (χ4n) is 8.16. The number of nitrogens with two attached hydrogens (primary N) is 2. The first-order chi connectivity index (χ1) is 17.9. The van der Waals surface area contributed by atoms with Crippen LogP contribution in [-0.2, 0) is 4.79 Å². The van der Waals surface area contributed by atoms with E-state index in [9.17, 15) is 4.79 Å². The van der Waals surface area contributed by atoms with E-state index in [0.29, 0.717) is 6.04 Å². The first-order valence-electron chi connectivity index (χ1n) is 15.3. The van der Waals surface area contributed by atoms with Gasteiger partial charge in [-0.2, -0.15) is 0 Å². The highest BCUT2D eigenvalue weighted by molar-refractivity contribution is 6.20. The van der Waals surface area contributed by atoms with Crippen molar-refractivity contribution in [3.8, 4) is 0 Å². The Morgan fingerprint density at radius 1 is 1.11 bits per heavy atom. The third kappa shape index (κ3) is 6.01. The number of piperidine rings is 3. The number of likely N-dealkylation sites (tertiary alicyclic amines) is 2. The maximum Gasteiger partial charge on any atom is 0.227 e. The first kappa shape index (κ1) is 28.1. The van der Waals surface area contributed by atoms with E-state index < -0.39 is 12.1 Å². The summed E-state index contributed by atoms with van der Waals surface area (Å²) >= 11 is 6.65. The van der Waals surface area contributed by atoms with Gasteiger partial charge in [-0.25, -0.2) is 0 Å². The minimum Gasteiger partial charge on any atom is -0.350 e. The minimum atomic E-state index is -0.670. The minimum absolute atomic E-state index is 0.0352. The molecule has 6 unspecified atom stereocenters. The molecule has 5 saturated heterocycles. The van der Waals surface area contributed by atoms with Crippen molar-refractivity contribution in [2.24, 2.45) is 17.4 Å². The maximum atomic E-state index is 13.8. The molecule has 0 radical (unpaired) electrons. The van der Waals surface area contributed by atoms with Gasteiger partial charge >= 0.3 is 0 Å². The van der Waals surface area contributed by atoms with Crippen molar-refractivity contribution in [3.05, 3.63) is 0 Å². The molecule has 6 N–H and O–H groups in total. The van der Waals surface area contributed by atoms with Crippen LogP contribution in [0.3, 0.4) is 0 Å². The van der Waals surface area contributed by atoms with Crippen LogP contribution >= 0.6 is 11.6 Å². The van der Waals surface area contributed by atoms with Gasteiger partial charge in [0, 0.05) is 55.2 Å². The van der Waals surface area contributed by atoms with Gasteiger partial charge in [-0.15, -0.1) is 11.6 Å². The SMILES string of the molecule is CCCCCC12CCC(Cl)CN1C(C(C(=O)NC1CNCCC1N1CCC(N3CCC3)CC1)C(N)N)C2. The number of nitrogens with zero attached hydrogens (tertiary/aromatic N) is 3. The molecule has 0 aromatic rings. The number of carbonyl (C=O) groups is 1. The second-order valence-corrected chi connectivity index (χ2v) is 13.3. The van der Waals surface area contributed by atoms with E-state index in [2.05, 4.69) is 32.3 Å². The van der Waals surface area contributed by atoms with Crippen LogP contribution in [0.5, 0.6) is 0 Å². The van der Waals surface area contributed by atoms with Gasteiger partial charge < -0.3 is 27.0 Å². The van der Waals surface area contributed by atoms with Gasteiger partial charge in [0.2, 0.25) is 5.91 Å². The van der Waals surface area contributed by atoms with E-state index in [1.165, 1.54) is 58.0 Å². The number of hydrogen-bond donors (Lipinski definition) is 4. The lowest BCUT2D eigenvalue weighted by atomic mass is 9.65. The second-order valence-electron chi connectivity index (χ2n) is 12.7. The van der Waals surface area contributed by atoms with Crippen molar-refractivity contribution in [2.75, 3.05) is 45.8 Å². The van der Waals surface area contributed by atoms with Crippen molar-refractivity contribution in [2.45, 2.75) is 119 Å². The molecule has 0 spiro atoms. The number of carbonyl (C=O) groups excluding carboxylic acids is 1. The second kappa shape index (κ2) is 12.4. The van der Waals surface area contributed by atoms with Crippen molar-refractivity contribution in [1.29, 1.82) is 0 Å². The Bertz CT molecular complexity index is 759. The molecule has 0 aromatic heterocycles. The molecule has 0 aromatic carbocycles. The summed E-state index contributed by atoms with van der Waals surface area (Å²) in [5, 5.41) is 7.12. The standard InChI is InChI=1S/C28H52ClN7O/c1-2-3-4-10-28-11-6-20(29)19-36(28)24(17-28)25(26(30)31)27(37)33-22-18-32-12-7-23(22)35-15-8-21(9-16-35)34-13-5-14-34/h20-26,32H,2-19,30-31H2,1H3,(H,33,37). The predicted octanol–water partition coefficient (Wildman–Crippen LogP) is 1.66. The van der Waals surface area contributed by atoms with Crippen LogP contribution in [0.15, 0.2) is 0 Å². The molecule has 37 heavy (non-hydrogen) atoms. The fraction of sp³-hybridized carbons (Fsp3) is 0.964. The Morgan fingerprint density at radius 2 is 1.89 bits per heavy atom. The molecular weight excluding hydrogens is 486 g/mol. The van der Waals surface area contributed by atoms with Gasteiger partial charge in [0.25, 0.3) is 0 Å². The third-order valence-corrected chi connectivity index (χ3v) is 10.8. The maximum absolute atomic E-state index is 13.8. The van der Waals surface area contributed by atoms with Crippen molar-refractivity contribution < 1.29 is 4.79 Å². The molecule has 5 aliphatic heterocycles. The van der Waals surface area contributed by atoms with Gasteiger partial charge in [-0.05, 0) is 71.0 Å². The molecule has 0 aliphatic carbocycles. The molecule has 1 amide bonds. The molecule has 5 rings (SSSR count). The average Bonchev–Trinajstić information content (AvgIpc) is 2.84. The zero-order chi connectivity index (χ0) is 26.0. The fourth-order valence-corrected chi connectivity index (χ4v) is 8.42. The number of hydrogen-bond acceptors (Lipinski definition) is 7. The van der Waals surface area contributed by atoms with Gasteiger partial charge in [0.05, 0.1) is 18.1 Å². The predicted molar refractivity (Wildman–Crippen MR) is 151 cm³/mol. The number of amides is 1. The van der Waals surface area contributed by atoms with Crippen molar-refractivity contribution >= 4 is 17.5 Å². The highest BCUT2D eigenvalue weighted by atomic mass is 35.5. The molecule has 212 valence electrons. The van der Waals surface area contributed by atoms with Gasteiger partial charge in [0.15, 0.2) is 0 Å². The molecular formula is C28H52ClN7O. The van der Waals surface area contributed by atoms with Crippen LogP contribution in [0, 0.1) is 5.92 Å². The summed E-state index contributed by atoms with van der Waals surface area (Å²) < 4.78 is 0. The molecule has 9 heteroatoms. The zero-order valence-electron chi connectivity index (χ0n) is 23.1. The lowest BCUT2D eigenvalue weighted by molar-refractivity contribution is -0.151. The summed E-state index contributed by atoms with van der Waals surface area (Å²) in [7, 11) is 0. The summed E-state index contributed by atoms with van der Waals surface area (Å²) in [5.74, 6) is -0.367. The average molecular weight is 538 g/mol. The van der Waals surface area contributed by atoms with Crippen molar-refractivity contribution in [1.82, 2.24) is 25.3 Å². The topological polar surface area (TPSA) is 103 Å². The third-order valence-electron chi connectivity index (χ3n) is 10.4. The number of unbranched alkanes of at least 4 members (excludes halogenated alkanes) is 2. The van der Waals surface area contributed by atoms with E-state index in [1.807, 2.05) is 0 Å². The largest absolute Gasteiger partial charge is 0.350 e. The number of fused-ring (bicyclic) bond motifs is 1. The first-order valence-corrected chi connectivity index (χ1v) is 15.8. The molecule has 5 fully saturated rings. The zero-order valence-corrected chi connectivity index (χ0v) is 23.8. The molecule has 5 heterocycles. The number of halogens is 1. The van der Waals surface area contributed by atoms with E-state index in [1.54, 1.807) is 0 Å². The summed E-state index contributed by atoms with van der Waals surface area (Å²) in [4.78, 5) is 21.7. The molecule has 0 saturated carbocycles. The normalized spacial score (nSPS) is 37.0. The van der Waals surface area contributed by atoms with Crippen LogP contribution in [0.2, 0.25) is 0 Å². The lowest BCUT2D eigenvalue weighted by Gasteiger charge is -2.64. The van der Waals surface area contributed by atoms with Gasteiger partial charge in [0.1, 0.15) is 0 Å². The summed E-state index contributed by atoms with van der Waals surface area (Å²) in [6.45, 7) is 9.74. The molecule has 5 aliphatic rings. The summed E-state index contributed by atoms with van der Waals surface area (Å²) in [5.41, 5.74) is 12.9. The van der Waals surface area contributed by atoms with E-state index >= 15 is 0 Å². The Labute approximate surface area is 229 Å². The van der Waals surface area contributed by atoms with Gasteiger partial charge in [-0.1, -0.05) is 26.2 Å². The van der Waals surface area contributed by atoms with Crippen molar-refractivity contribution in [3.63, 3.8) is 0 Å². The molecule has 8 nitrogen and oxygen atoms in total. The Balaban J connectivity index is 1.21. The number of alkyl halides is 1. The molecule has 0 bridgehead atoms. The lowest BCUT2D eigenvalue weighted by Crippen LogP contribution is -2.75. The Hall–Kier alpha value is -0.480. The van der Waals surface area contributed by atoms with E-state index in [0.717, 1.165) is 64.4 Å². The van der Waals surface area contributed by atoms with E-state index in [-0.39, 0.29) is 28.9 Å². The number of rotatable bonds is 10.